The van der Waals surface area contributed by atoms with Gasteiger partial charge in [-0.1, -0.05) is 0 Å². The van der Waals surface area contributed by atoms with Gasteiger partial charge in [0.2, 0.25) is 5.91 Å². The van der Waals surface area contributed by atoms with E-state index in [9.17, 15) is 9.59 Å². The molecule has 0 saturated heterocycles. The molecule has 0 saturated carbocycles. The molecule has 0 aliphatic heterocycles. The number of carbonyl (C=O) groups is 2. The van der Waals surface area contributed by atoms with Crippen molar-refractivity contribution in [1.29, 1.82) is 0 Å². The molecule has 0 atom stereocenters. The Morgan fingerprint density at radius 2 is 1.73 bits per heavy atom. The van der Waals surface area contributed by atoms with Gasteiger partial charge in [-0.3, -0.25) is 14.5 Å². The maximum absolute atomic E-state index is 11.7. The summed E-state index contributed by atoms with van der Waals surface area (Å²) in [5, 5.41) is 0. The molecule has 0 aromatic heterocycles. The second-order valence-corrected chi connectivity index (χ2v) is 3.11. The number of imide groups is 1. The van der Waals surface area contributed by atoms with Crippen LogP contribution in [0.15, 0.2) is 24.3 Å². The van der Waals surface area contributed by atoms with Gasteiger partial charge in [-0.05, 0) is 24.3 Å². The van der Waals surface area contributed by atoms with Crippen molar-refractivity contribution in [2.24, 2.45) is 0 Å². The molecule has 1 rings (SSSR count). The van der Waals surface area contributed by atoms with Crippen LogP contribution in [0.4, 0.5) is 0 Å². The number of methoxy groups -OCH3 is 1. The molecule has 0 heterocycles. The average Bonchev–Trinajstić information content (AvgIpc) is 2.27. The third-order valence-electron chi connectivity index (χ3n) is 2.11. The minimum Gasteiger partial charge on any atom is -0.497 e. The summed E-state index contributed by atoms with van der Waals surface area (Å²) in [5.74, 6) is 0.0815. The molecule has 0 radical (unpaired) electrons. The summed E-state index contributed by atoms with van der Waals surface area (Å²) < 4.78 is 4.97. The van der Waals surface area contributed by atoms with Crippen molar-refractivity contribution in [1.82, 2.24) is 4.90 Å². The largest absolute Gasteiger partial charge is 0.497 e. The van der Waals surface area contributed by atoms with Crippen LogP contribution in [0.3, 0.4) is 0 Å². The Kier molecular flexibility index (Phi) is 3.44. The maximum Gasteiger partial charge on any atom is 0.260 e. The van der Waals surface area contributed by atoms with Crippen LogP contribution in [0.25, 0.3) is 0 Å². The van der Waals surface area contributed by atoms with E-state index >= 15 is 0 Å². The minimum atomic E-state index is -0.315. The van der Waals surface area contributed by atoms with Gasteiger partial charge in [0.1, 0.15) is 5.75 Å². The van der Waals surface area contributed by atoms with Crippen LogP contribution < -0.4 is 4.74 Å². The first kappa shape index (κ1) is 11.2. The third kappa shape index (κ3) is 2.56. The lowest BCUT2D eigenvalue weighted by atomic mass is 10.2. The highest BCUT2D eigenvalue weighted by Crippen LogP contribution is 2.12. The van der Waals surface area contributed by atoms with Crippen LogP contribution in [0.5, 0.6) is 5.75 Å². The van der Waals surface area contributed by atoms with Crippen molar-refractivity contribution in [3.63, 3.8) is 0 Å². The molecule has 15 heavy (non-hydrogen) atoms. The van der Waals surface area contributed by atoms with E-state index in [2.05, 4.69) is 0 Å². The second kappa shape index (κ2) is 4.59. The number of ether oxygens (including phenoxy) is 1. The van der Waals surface area contributed by atoms with Gasteiger partial charge in [0.25, 0.3) is 5.91 Å². The summed E-state index contributed by atoms with van der Waals surface area (Å²) in [6.07, 6.45) is 0. The van der Waals surface area contributed by atoms with E-state index in [1.54, 1.807) is 31.4 Å². The first-order valence-corrected chi connectivity index (χ1v) is 4.49. The molecule has 80 valence electrons. The van der Waals surface area contributed by atoms with Gasteiger partial charge in [-0.15, -0.1) is 0 Å². The Morgan fingerprint density at radius 3 is 2.13 bits per heavy atom. The van der Waals surface area contributed by atoms with E-state index in [4.69, 9.17) is 4.74 Å². The van der Waals surface area contributed by atoms with Crippen LogP contribution in [0.2, 0.25) is 0 Å². The van der Waals surface area contributed by atoms with Gasteiger partial charge >= 0.3 is 0 Å². The van der Waals surface area contributed by atoms with Gasteiger partial charge in [0.05, 0.1) is 7.11 Å². The van der Waals surface area contributed by atoms with Gasteiger partial charge < -0.3 is 4.74 Å². The van der Waals surface area contributed by atoms with E-state index in [1.165, 1.54) is 14.0 Å². The van der Waals surface area contributed by atoms with E-state index in [0.717, 1.165) is 4.90 Å². The number of benzene rings is 1. The number of rotatable bonds is 2. The SMILES string of the molecule is COc1ccc(C(=O)N(C)C(C)=O)cc1. The molecule has 1 aromatic rings. The zero-order valence-electron chi connectivity index (χ0n) is 8.98. The van der Waals surface area contributed by atoms with Crippen molar-refractivity contribution in [2.45, 2.75) is 6.92 Å². The highest BCUT2D eigenvalue weighted by Gasteiger charge is 2.14. The fourth-order valence-electron chi connectivity index (χ4n) is 1.07. The minimum absolute atomic E-state index is 0.282. The van der Waals surface area contributed by atoms with Crippen LogP contribution >= 0.6 is 0 Å². The second-order valence-electron chi connectivity index (χ2n) is 3.11. The van der Waals surface area contributed by atoms with E-state index < -0.39 is 0 Å². The van der Waals surface area contributed by atoms with Gasteiger partial charge in [0, 0.05) is 19.5 Å². The lowest BCUT2D eigenvalue weighted by Crippen LogP contribution is -2.30. The molecule has 0 N–H and O–H groups in total. The molecule has 4 heteroatoms. The Bertz CT molecular complexity index is 370. The highest BCUT2D eigenvalue weighted by molar-refractivity contribution is 6.03. The summed E-state index contributed by atoms with van der Waals surface area (Å²) in [6.45, 7) is 1.35. The van der Waals surface area contributed by atoms with Crippen LogP contribution in [-0.4, -0.2) is 30.9 Å². The molecule has 0 aliphatic carbocycles. The topological polar surface area (TPSA) is 46.6 Å². The van der Waals surface area contributed by atoms with E-state index in [-0.39, 0.29) is 11.8 Å². The molecule has 0 unspecified atom stereocenters. The van der Waals surface area contributed by atoms with Crippen LogP contribution in [0.1, 0.15) is 17.3 Å². The number of hydrogen-bond donors (Lipinski definition) is 0. The molecular formula is C11H13NO3. The van der Waals surface area contributed by atoms with Crippen molar-refractivity contribution < 1.29 is 14.3 Å². The third-order valence-corrected chi connectivity index (χ3v) is 2.11. The lowest BCUT2D eigenvalue weighted by molar-refractivity contribution is -0.125. The van der Waals surface area contributed by atoms with Crippen molar-refractivity contribution in [3.05, 3.63) is 29.8 Å². The monoisotopic (exact) mass is 207 g/mol. The van der Waals surface area contributed by atoms with Crippen molar-refractivity contribution >= 4 is 11.8 Å². The number of amides is 2. The Hall–Kier alpha value is -1.84. The van der Waals surface area contributed by atoms with Gasteiger partial charge in [0.15, 0.2) is 0 Å². The zero-order chi connectivity index (χ0) is 11.4. The smallest absolute Gasteiger partial charge is 0.260 e. The van der Waals surface area contributed by atoms with Crippen molar-refractivity contribution in [3.8, 4) is 5.75 Å². The molecule has 1 aromatic carbocycles. The van der Waals surface area contributed by atoms with E-state index in [1.807, 2.05) is 0 Å². The fourth-order valence-corrected chi connectivity index (χ4v) is 1.07. The summed E-state index contributed by atoms with van der Waals surface area (Å²) in [4.78, 5) is 23.7. The quantitative estimate of drug-likeness (QED) is 0.734. The molecular weight excluding hydrogens is 194 g/mol. The predicted molar refractivity (Wildman–Crippen MR) is 55.8 cm³/mol. The molecule has 2 amide bonds. The lowest BCUT2D eigenvalue weighted by Gasteiger charge is -2.12. The first-order chi connectivity index (χ1) is 7.06. The van der Waals surface area contributed by atoms with E-state index in [0.29, 0.717) is 11.3 Å². The fraction of sp³-hybridized carbons (Fsp3) is 0.273. The molecule has 0 spiro atoms. The normalized spacial score (nSPS) is 9.53. The number of carbonyl (C=O) groups excluding carboxylic acids is 2. The Labute approximate surface area is 88.5 Å². The summed E-state index contributed by atoms with van der Waals surface area (Å²) in [5.41, 5.74) is 0.466. The Balaban J connectivity index is 2.87. The maximum atomic E-state index is 11.7. The number of hydrogen-bond acceptors (Lipinski definition) is 3. The van der Waals surface area contributed by atoms with Crippen molar-refractivity contribution in [2.75, 3.05) is 14.2 Å². The summed E-state index contributed by atoms with van der Waals surface area (Å²) in [7, 11) is 3.01. The standard InChI is InChI=1S/C11H13NO3/c1-8(13)12(2)11(14)9-4-6-10(15-3)7-5-9/h4-7H,1-3H3. The molecule has 4 nitrogen and oxygen atoms in total. The number of nitrogens with zero attached hydrogens (tertiary/aromatic N) is 1. The average molecular weight is 207 g/mol. The van der Waals surface area contributed by atoms with Gasteiger partial charge in [-0.25, -0.2) is 0 Å². The van der Waals surface area contributed by atoms with Crippen LogP contribution in [-0.2, 0) is 4.79 Å². The first-order valence-electron chi connectivity index (χ1n) is 4.49. The predicted octanol–water partition coefficient (Wildman–Crippen LogP) is 1.31. The molecule has 0 fully saturated rings. The highest BCUT2D eigenvalue weighted by atomic mass is 16.5. The summed E-state index contributed by atoms with van der Waals surface area (Å²) in [6, 6.07) is 6.61. The van der Waals surface area contributed by atoms with Crippen LogP contribution in [0, 0.1) is 0 Å². The van der Waals surface area contributed by atoms with Gasteiger partial charge in [-0.2, -0.15) is 0 Å². The summed E-state index contributed by atoms with van der Waals surface area (Å²) >= 11 is 0. The molecule has 0 aliphatic rings. The Morgan fingerprint density at radius 1 is 1.20 bits per heavy atom. The molecule has 0 bridgehead atoms. The zero-order valence-corrected chi connectivity index (χ0v) is 8.98.